The molecule has 0 bridgehead atoms. The third kappa shape index (κ3) is 3.48. The first-order valence-corrected chi connectivity index (χ1v) is 5.73. The summed E-state index contributed by atoms with van der Waals surface area (Å²) in [5, 5.41) is 5.29. The van der Waals surface area contributed by atoms with Gasteiger partial charge in [-0.25, -0.2) is 0 Å². The second kappa shape index (κ2) is 5.53. The molecule has 0 fully saturated rings. The van der Waals surface area contributed by atoms with Crippen LogP contribution in [0.25, 0.3) is 0 Å². The van der Waals surface area contributed by atoms with Gasteiger partial charge in [0.05, 0.1) is 5.41 Å². The summed E-state index contributed by atoms with van der Waals surface area (Å²) in [6.07, 6.45) is 0. The molecule has 0 aliphatic heterocycles. The topological polar surface area (TPSA) is 84.2 Å². The van der Waals surface area contributed by atoms with E-state index in [9.17, 15) is 9.59 Å². The van der Waals surface area contributed by atoms with Crippen LogP contribution in [0.15, 0.2) is 24.3 Å². The van der Waals surface area contributed by atoms with E-state index in [0.717, 1.165) is 0 Å². The summed E-state index contributed by atoms with van der Waals surface area (Å²) in [4.78, 5) is 23.4. The van der Waals surface area contributed by atoms with Gasteiger partial charge in [0.25, 0.3) is 5.91 Å². The molecule has 1 rings (SSSR count). The fourth-order valence-electron chi connectivity index (χ4n) is 1.50. The Morgan fingerprint density at radius 2 is 2.00 bits per heavy atom. The number of carbonyl (C=O) groups is 2. The molecule has 0 saturated carbocycles. The molecule has 0 saturated heterocycles. The van der Waals surface area contributed by atoms with Crippen molar-refractivity contribution >= 4 is 17.5 Å². The Labute approximate surface area is 107 Å². The number of anilines is 1. The normalized spacial score (nSPS) is 10.8. The number of amides is 2. The van der Waals surface area contributed by atoms with E-state index < -0.39 is 5.41 Å². The first kappa shape index (κ1) is 14.0. The summed E-state index contributed by atoms with van der Waals surface area (Å²) in [5.74, 6) is -0.352. The van der Waals surface area contributed by atoms with Gasteiger partial charge in [-0.05, 0) is 32.0 Å². The van der Waals surface area contributed by atoms with Crippen LogP contribution in [-0.2, 0) is 4.79 Å². The molecule has 0 aliphatic rings. The molecule has 98 valence electrons. The van der Waals surface area contributed by atoms with Crippen LogP contribution in [0.3, 0.4) is 0 Å². The molecule has 0 aliphatic carbocycles. The lowest BCUT2D eigenvalue weighted by atomic mass is 9.92. The van der Waals surface area contributed by atoms with Crippen LogP contribution in [0, 0.1) is 5.41 Å². The standard InChI is InChI=1S/C13H19N3O2/c1-13(2,12(18)15-3)8-16-11(17)9-5-4-6-10(14)7-9/h4-7H,8,14H2,1-3H3,(H,15,18)(H,16,17). The summed E-state index contributed by atoms with van der Waals surface area (Å²) in [6.45, 7) is 3.80. The fourth-order valence-corrected chi connectivity index (χ4v) is 1.50. The van der Waals surface area contributed by atoms with E-state index in [1.54, 1.807) is 45.2 Å². The third-order valence-corrected chi connectivity index (χ3v) is 2.68. The molecule has 18 heavy (non-hydrogen) atoms. The van der Waals surface area contributed by atoms with Gasteiger partial charge in [0.1, 0.15) is 0 Å². The highest BCUT2D eigenvalue weighted by Crippen LogP contribution is 2.14. The fraction of sp³-hybridized carbons (Fsp3) is 0.385. The summed E-state index contributed by atoms with van der Waals surface area (Å²) in [6, 6.07) is 6.71. The first-order chi connectivity index (χ1) is 8.36. The van der Waals surface area contributed by atoms with E-state index >= 15 is 0 Å². The molecule has 0 unspecified atom stereocenters. The van der Waals surface area contributed by atoms with Crippen LogP contribution in [0.5, 0.6) is 0 Å². The summed E-state index contributed by atoms with van der Waals surface area (Å²) < 4.78 is 0. The largest absolute Gasteiger partial charge is 0.399 e. The van der Waals surface area contributed by atoms with Gasteiger partial charge in [0, 0.05) is 24.8 Å². The Kier molecular flexibility index (Phi) is 4.31. The van der Waals surface area contributed by atoms with Crippen molar-refractivity contribution in [3.63, 3.8) is 0 Å². The van der Waals surface area contributed by atoms with Crippen molar-refractivity contribution in [2.75, 3.05) is 19.3 Å². The van der Waals surface area contributed by atoms with Gasteiger partial charge in [0.2, 0.25) is 5.91 Å². The van der Waals surface area contributed by atoms with E-state index in [-0.39, 0.29) is 18.4 Å². The lowest BCUT2D eigenvalue weighted by molar-refractivity contribution is -0.128. The van der Waals surface area contributed by atoms with Crippen molar-refractivity contribution in [3.05, 3.63) is 29.8 Å². The minimum Gasteiger partial charge on any atom is -0.399 e. The van der Waals surface area contributed by atoms with Crippen molar-refractivity contribution in [2.45, 2.75) is 13.8 Å². The number of carbonyl (C=O) groups excluding carboxylic acids is 2. The van der Waals surface area contributed by atoms with E-state index in [0.29, 0.717) is 11.3 Å². The lowest BCUT2D eigenvalue weighted by Gasteiger charge is -2.22. The van der Waals surface area contributed by atoms with Crippen LogP contribution < -0.4 is 16.4 Å². The number of nitrogen functional groups attached to an aromatic ring is 1. The second-order valence-electron chi connectivity index (χ2n) is 4.77. The summed E-state index contributed by atoms with van der Waals surface area (Å²) in [7, 11) is 1.57. The first-order valence-electron chi connectivity index (χ1n) is 5.73. The maximum absolute atomic E-state index is 11.9. The Bertz CT molecular complexity index is 455. The van der Waals surface area contributed by atoms with Gasteiger partial charge >= 0.3 is 0 Å². The van der Waals surface area contributed by atoms with Gasteiger partial charge in [-0.15, -0.1) is 0 Å². The second-order valence-corrected chi connectivity index (χ2v) is 4.77. The highest BCUT2D eigenvalue weighted by Gasteiger charge is 2.27. The van der Waals surface area contributed by atoms with Gasteiger partial charge < -0.3 is 16.4 Å². The van der Waals surface area contributed by atoms with Crippen LogP contribution in [0.2, 0.25) is 0 Å². The number of nitrogens with one attached hydrogen (secondary N) is 2. The zero-order chi connectivity index (χ0) is 13.8. The van der Waals surface area contributed by atoms with Crippen LogP contribution in [0.4, 0.5) is 5.69 Å². The molecular formula is C13H19N3O2. The highest BCUT2D eigenvalue weighted by molar-refractivity contribution is 5.95. The van der Waals surface area contributed by atoms with Gasteiger partial charge in [-0.1, -0.05) is 6.07 Å². The Balaban J connectivity index is 2.64. The monoisotopic (exact) mass is 249 g/mol. The number of nitrogens with two attached hydrogens (primary N) is 1. The molecule has 2 amide bonds. The molecular weight excluding hydrogens is 230 g/mol. The molecule has 5 nitrogen and oxygen atoms in total. The lowest BCUT2D eigenvalue weighted by Crippen LogP contribution is -2.43. The van der Waals surface area contributed by atoms with Crippen LogP contribution >= 0.6 is 0 Å². The Morgan fingerprint density at radius 1 is 1.33 bits per heavy atom. The van der Waals surface area contributed by atoms with Crippen molar-refractivity contribution in [2.24, 2.45) is 5.41 Å². The average Bonchev–Trinajstić information content (AvgIpc) is 2.35. The predicted molar refractivity (Wildman–Crippen MR) is 71.0 cm³/mol. The molecule has 4 N–H and O–H groups in total. The van der Waals surface area contributed by atoms with Gasteiger partial charge in [-0.3, -0.25) is 9.59 Å². The van der Waals surface area contributed by atoms with E-state index in [4.69, 9.17) is 5.73 Å². The zero-order valence-electron chi connectivity index (χ0n) is 10.9. The molecule has 1 aromatic rings. The Hall–Kier alpha value is -2.04. The molecule has 0 spiro atoms. The molecule has 0 atom stereocenters. The van der Waals surface area contributed by atoms with Crippen molar-refractivity contribution in [1.29, 1.82) is 0 Å². The van der Waals surface area contributed by atoms with Crippen molar-refractivity contribution in [1.82, 2.24) is 10.6 Å². The quantitative estimate of drug-likeness (QED) is 0.689. The van der Waals surface area contributed by atoms with Crippen LogP contribution in [0.1, 0.15) is 24.2 Å². The van der Waals surface area contributed by atoms with Crippen LogP contribution in [-0.4, -0.2) is 25.4 Å². The third-order valence-electron chi connectivity index (χ3n) is 2.68. The average molecular weight is 249 g/mol. The highest BCUT2D eigenvalue weighted by atomic mass is 16.2. The maximum atomic E-state index is 11.9. The summed E-state index contributed by atoms with van der Waals surface area (Å²) in [5.41, 5.74) is 5.98. The van der Waals surface area contributed by atoms with E-state index in [1.807, 2.05) is 0 Å². The number of hydrogen-bond donors (Lipinski definition) is 3. The number of benzene rings is 1. The van der Waals surface area contributed by atoms with Crippen molar-refractivity contribution < 1.29 is 9.59 Å². The molecule has 0 aromatic heterocycles. The van der Waals surface area contributed by atoms with Gasteiger partial charge in [-0.2, -0.15) is 0 Å². The Morgan fingerprint density at radius 3 is 2.56 bits per heavy atom. The number of rotatable bonds is 4. The van der Waals surface area contributed by atoms with Gasteiger partial charge in [0.15, 0.2) is 0 Å². The summed E-state index contributed by atoms with van der Waals surface area (Å²) >= 11 is 0. The van der Waals surface area contributed by atoms with E-state index in [1.165, 1.54) is 0 Å². The molecule has 0 radical (unpaired) electrons. The molecule has 5 heteroatoms. The van der Waals surface area contributed by atoms with E-state index in [2.05, 4.69) is 10.6 Å². The maximum Gasteiger partial charge on any atom is 0.251 e. The smallest absolute Gasteiger partial charge is 0.251 e. The molecule has 0 heterocycles. The van der Waals surface area contributed by atoms with Crippen molar-refractivity contribution in [3.8, 4) is 0 Å². The zero-order valence-corrected chi connectivity index (χ0v) is 10.9. The SMILES string of the molecule is CNC(=O)C(C)(C)CNC(=O)c1cccc(N)c1. The predicted octanol–water partition coefficient (Wildman–Crippen LogP) is 0.771. The molecule has 1 aromatic carbocycles. The minimum absolute atomic E-state index is 0.115. The number of hydrogen-bond acceptors (Lipinski definition) is 3. The minimum atomic E-state index is -0.648.